The Morgan fingerprint density at radius 1 is 0.507 bits per heavy atom. The van der Waals surface area contributed by atoms with Crippen molar-refractivity contribution in [2.75, 3.05) is 61.1 Å². The van der Waals surface area contributed by atoms with Crippen LogP contribution in [0.5, 0.6) is 17.2 Å². The molecule has 2 fully saturated rings. The van der Waals surface area contributed by atoms with Crippen LogP contribution < -0.4 is 46.1 Å². The molecule has 2 aliphatic carbocycles. The summed E-state index contributed by atoms with van der Waals surface area (Å²) < 4.78 is 28.2. The van der Waals surface area contributed by atoms with Crippen molar-refractivity contribution in [1.29, 1.82) is 0 Å². The predicted octanol–water partition coefficient (Wildman–Crippen LogP) is 8.23. The van der Waals surface area contributed by atoms with Crippen LogP contribution in [0.4, 0.5) is 9.59 Å². The molecule has 2 aromatic rings. The van der Waals surface area contributed by atoms with Gasteiger partial charge in [0.15, 0.2) is 0 Å². The van der Waals surface area contributed by atoms with Crippen LogP contribution in [0.1, 0.15) is 191 Å². The molecule has 0 aromatic heterocycles. The molecule has 2 saturated carbocycles. The molecule has 4 rings (SSSR count). The summed E-state index contributed by atoms with van der Waals surface area (Å²) in [5, 5.41) is 18.1. The first-order chi connectivity index (χ1) is 34.7. The zero-order valence-electron chi connectivity index (χ0n) is 45.5. The van der Waals surface area contributed by atoms with Crippen molar-refractivity contribution in [3.8, 4) is 17.2 Å². The molecule has 73 heavy (non-hydrogen) atoms. The van der Waals surface area contributed by atoms with Crippen molar-refractivity contribution in [3.63, 3.8) is 0 Å². The van der Waals surface area contributed by atoms with Gasteiger partial charge in [0.25, 0.3) is 23.6 Å². The summed E-state index contributed by atoms with van der Waals surface area (Å²) in [5.74, 6) is -0.311. The number of ether oxygens (including phenoxy) is 5. The van der Waals surface area contributed by atoms with Crippen LogP contribution in [-0.2, 0) is 15.9 Å². The highest BCUT2D eigenvalue weighted by atomic mass is 16.6. The standard InChI is InChI=1S/C55H87N7O11/c1-54(2,3)72-52(67)57-28-18-12-11-15-21-37-33-47(71-32-20-14-19-29-58-53(68)73-55(4,5)6)44(34-41(37)48(63)56-30-31-62(7)8)51(66)61-40-26-24-39(25-27-40)60-50(65)43-35-42(45(69-9)36-46(43)70-10)49(64)59-38-22-16-13-17-23-38/h33-36,38-40H,11-32H2,1-10H3,(H,56,63)(H,57,67)(H,58,68)(H,59,64)(H,60,65)(H,61,66). The summed E-state index contributed by atoms with van der Waals surface area (Å²) in [6.07, 6.45) is 12.5. The highest BCUT2D eigenvalue weighted by molar-refractivity contribution is 6.04. The Bertz CT molecular complexity index is 2120. The summed E-state index contributed by atoms with van der Waals surface area (Å²) >= 11 is 0. The number of nitrogens with one attached hydrogen (secondary N) is 6. The number of carbonyl (C=O) groups is 6. The number of carbonyl (C=O) groups excluding carboxylic acids is 6. The van der Waals surface area contributed by atoms with Crippen LogP contribution in [0, 0.1) is 0 Å². The fourth-order valence-electron chi connectivity index (χ4n) is 8.89. The Morgan fingerprint density at radius 2 is 0.959 bits per heavy atom. The normalized spacial score (nSPS) is 16.2. The van der Waals surface area contributed by atoms with Gasteiger partial charge in [-0.05, 0) is 156 Å². The van der Waals surface area contributed by atoms with Gasteiger partial charge in [0.2, 0.25) is 0 Å². The zero-order valence-corrected chi connectivity index (χ0v) is 45.5. The minimum absolute atomic E-state index is 0.0753. The Hall–Kier alpha value is -5.78. The van der Waals surface area contributed by atoms with Crippen LogP contribution in [0.25, 0.3) is 0 Å². The average molecular weight is 1020 g/mol. The van der Waals surface area contributed by atoms with Gasteiger partial charge >= 0.3 is 12.2 Å². The molecule has 0 radical (unpaired) electrons. The van der Waals surface area contributed by atoms with E-state index in [1.165, 1.54) is 20.3 Å². The van der Waals surface area contributed by atoms with Gasteiger partial charge in [0, 0.05) is 55.9 Å². The lowest BCUT2D eigenvalue weighted by Crippen LogP contribution is -2.44. The quantitative estimate of drug-likeness (QED) is 0.0491. The SMILES string of the molecule is COc1cc(OC)c(C(=O)NC2CCC(NC(=O)c3cc(C(=O)NCCN(C)C)c(CCCCCCNC(=O)OC(C)(C)C)cc3OCCCCCNC(=O)OC(C)(C)C)CC2)cc1C(=O)NC1CCCCC1. The maximum atomic E-state index is 14.4. The summed E-state index contributed by atoms with van der Waals surface area (Å²) in [7, 11) is 6.82. The average Bonchev–Trinajstić information content (AvgIpc) is 3.32. The summed E-state index contributed by atoms with van der Waals surface area (Å²) in [5.41, 5.74) is 0.773. The Balaban J connectivity index is 1.46. The third kappa shape index (κ3) is 21.7. The number of unbranched alkanes of at least 4 members (excludes halogenated alkanes) is 5. The van der Waals surface area contributed by atoms with Gasteiger partial charge in [-0.1, -0.05) is 32.1 Å². The number of hydrogen-bond donors (Lipinski definition) is 6. The maximum absolute atomic E-state index is 14.4. The highest BCUT2D eigenvalue weighted by Crippen LogP contribution is 2.32. The number of amides is 6. The molecule has 408 valence electrons. The van der Waals surface area contributed by atoms with E-state index in [0.717, 1.165) is 69.8 Å². The zero-order chi connectivity index (χ0) is 53.6. The lowest BCUT2D eigenvalue weighted by Gasteiger charge is -2.30. The van der Waals surface area contributed by atoms with E-state index in [4.69, 9.17) is 23.7 Å². The molecule has 2 aromatic carbocycles. The van der Waals surface area contributed by atoms with Crippen molar-refractivity contribution < 1.29 is 52.5 Å². The molecule has 6 amide bonds. The number of methoxy groups -OCH3 is 2. The van der Waals surface area contributed by atoms with E-state index in [9.17, 15) is 28.8 Å². The number of benzene rings is 2. The molecule has 6 N–H and O–H groups in total. The molecule has 0 heterocycles. The predicted molar refractivity (Wildman–Crippen MR) is 282 cm³/mol. The lowest BCUT2D eigenvalue weighted by molar-refractivity contribution is 0.0515. The number of rotatable bonds is 26. The molecule has 18 nitrogen and oxygen atoms in total. The Kier molecular flexibility index (Phi) is 24.4. The molecule has 0 unspecified atom stereocenters. The third-order valence-electron chi connectivity index (χ3n) is 12.7. The van der Waals surface area contributed by atoms with E-state index >= 15 is 0 Å². The molecule has 18 heteroatoms. The van der Waals surface area contributed by atoms with Crippen LogP contribution in [0.2, 0.25) is 0 Å². The lowest BCUT2D eigenvalue weighted by atomic mass is 9.90. The molecule has 0 aliphatic heterocycles. The fourth-order valence-corrected chi connectivity index (χ4v) is 8.89. The van der Waals surface area contributed by atoms with Gasteiger partial charge in [-0.15, -0.1) is 0 Å². The molecule has 2 aliphatic rings. The van der Waals surface area contributed by atoms with Gasteiger partial charge in [-0.3, -0.25) is 19.2 Å². The Labute approximate surface area is 434 Å². The van der Waals surface area contributed by atoms with E-state index in [-0.39, 0.29) is 58.4 Å². The van der Waals surface area contributed by atoms with Crippen molar-refractivity contribution in [2.45, 2.75) is 180 Å². The molecule has 0 bridgehead atoms. The van der Waals surface area contributed by atoms with E-state index in [1.54, 1.807) is 12.1 Å². The smallest absolute Gasteiger partial charge is 0.407 e. The molecular formula is C55H87N7O11. The molecule has 0 spiro atoms. The Morgan fingerprint density at radius 3 is 1.44 bits per heavy atom. The minimum atomic E-state index is -0.588. The van der Waals surface area contributed by atoms with Crippen LogP contribution in [0.3, 0.4) is 0 Å². The number of nitrogens with zero attached hydrogens (tertiary/aromatic N) is 1. The van der Waals surface area contributed by atoms with Gasteiger partial charge in [-0.25, -0.2) is 9.59 Å². The first-order valence-electron chi connectivity index (χ1n) is 26.5. The van der Waals surface area contributed by atoms with Crippen LogP contribution >= 0.6 is 0 Å². The minimum Gasteiger partial charge on any atom is -0.496 e. The van der Waals surface area contributed by atoms with Crippen LogP contribution in [-0.4, -0.2) is 131 Å². The third-order valence-corrected chi connectivity index (χ3v) is 12.7. The second-order valence-electron chi connectivity index (χ2n) is 21.6. The van der Waals surface area contributed by atoms with E-state index in [1.807, 2.05) is 66.6 Å². The van der Waals surface area contributed by atoms with E-state index < -0.39 is 23.4 Å². The summed E-state index contributed by atoms with van der Waals surface area (Å²) in [4.78, 5) is 81.8. The van der Waals surface area contributed by atoms with Crippen molar-refractivity contribution in [3.05, 3.63) is 52.1 Å². The van der Waals surface area contributed by atoms with Gasteiger partial charge in [-0.2, -0.15) is 0 Å². The fraction of sp³-hybridized carbons (Fsp3) is 0.673. The van der Waals surface area contributed by atoms with Gasteiger partial charge in [0.1, 0.15) is 28.5 Å². The largest absolute Gasteiger partial charge is 0.496 e. The van der Waals surface area contributed by atoms with E-state index in [0.29, 0.717) is 101 Å². The highest BCUT2D eigenvalue weighted by Gasteiger charge is 2.29. The van der Waals surface area contributed by atoms with Crippen LogP contribution in [0.15, 0.2) is 24.3 Å². The van der Waals surface area contributed by atoms with E-state index in [2.05, 4.69) is 31.9 Å². The maximum Gasteiger partial charge on any atom is 0.407 e. The molecular weight excluding hydrogens is 935 g/mol. The number of hydrogen-bond acceptors (Lipinski definition) is 12. The first-order valence-corrected chi connectivity index (χ1v) is 26.5. The van der Waals surface area contributed by atoms with Gasteiger partial charge < -0.3 is 60.5 Å². The monoisotopic (exact) mass is 1020 g/mol. The summed E-state index contributed by atoms with van der Waals surface area (Å²) in [6, 6.07) is 6.27. The second-order valence-corrected chi connectivity index (χ2v) is 21.6. The molecule has 0 atom stereocenters. The second kappa shape index (κ2) is 29.8. The van der Waals surface area contributed by atoms with Crippen molar-refractivity contribution in [1.82, 2.24) is 36.8 Å². The van der Waals surface area contributed by atoms with Gasteiger partial charge in [0.05, 0.1) is 37.5 Å². The number of alkyl carbamates (subject to hydrolysis) is 2. The topological polar surface area (TPSA) is 224 Å². The first kappa shape index (κ1) is 59.8. The number of likely N-dealkylation sites (N-methyl/N-ethyl adjacent to an activating group) is 1. The van der Waals surface area contributed by atoms with Crippen molar-refractivity contribution in [2.24, 2.45) is 0 Å². The molecule has 0 saturated heterocycles. The summed E-state index contributed by atoms with van der Waals surface area (Å²) in [6.45, 7) is 13.2. The number of aryl methyl sites for hydroxylation is 1. The van der Waals surface area contributed by atoms with Crippen molar-refractivity contribution >= 4 is 35.8 Å².